The van der Waals surface area contributed by atoms with Gasteiger partial charge >= 0.3 is 5.69 Å². The average Bonchev–Trinajstić information content (AvgIpc) is 3.26. The molecule has 2 aromatic heterocycles. The van der Waals surface area contributed by atoms with Gasteiger partial charge in [0, 0.05) is 10.0 Å². The van der Waals surface area contributed by atoms with Gasteiger partial charge in [-0.2, -0.15) is 0 Å². The third-order valence-electron chi connectivity index (χ3n) is 4.86. The van der Waals surface area contributed by atoms with Crippen LogP contribution in [0.1, 0.15) is 5.56 Å². The quantitative estimate of drug-likeness (QED) is 0.439. The Hall–Kier alpha value is -3.07. The number of thiophene rings is 1. The summed E-state index contributed by atoms with van der Waals surface area (Å²) in [5, 5.41) is 5.29. The Morgan fingerprint density at radius 1 is 1.09 bits per heavy atom. The van der Waals surface area contributed by atoms with Crippen molar-refractivity contribution in [3.05, 3.63) is 90.4 Å². The molecule has 10 heteroatoms. The number of fused-ring (bicyclic) bond motifs is 1. The molecule has 0 aliphatic carbocycles. The Kier molecular flexibility index (Phi) is 6.36. The zero-order chi connectivity index (χ0) is 22.8. The molecule has 32 heavy (non-hydrogen) atoms. The van der Waals surface area contributed by atoms with E-state index < -0.39 is 17.2 Å². The molecule has 164 valence electrons. The molecule has 2 aromatic carbocycles. The van der Waals surface area contributed by atoms with Crippen molar-refractivity contribution < 1.29 is 9.53 Å². The molecule has 4 rings (SSSR count). The number of anilines is 1. The number of ether oxygens (including phenoxy) is 1. The number of nitrogens with one attached hydrogen (secondary N) is 1. The number of hydrogen-bond acceptors (Lipinski definition) is 5. The van der Waals surface area contributed by atoms with Crippen LogP contribution in [0.2, 0.25) is 10.0 Å². The van der Waals surface area contributed by atoms with E-state index in [4.69, 9.17) is 27.9 Å². The maximum absolute atomic E-state index is 13.2. The Labute approximate surface area is 196 Å². The number of carbonyl (C=O) groups excluding carboxylic acids is 1. The predicted molar refractivity (Wildman–Crippen MR) is 128 cm³/mol. The summed E-state index contributed by atoms with van der Waals surface area (Å²) in [5.74, 6) is -0.0393. The van der Waals surface area contributed by atoms with Gasteiger partial charge in [-0.15, -0.1) is 11.3 Å². The van der Waals surface area contributed by atoms with E-state index in [-0.39, 0.29) is 13.1 Å². The maximum Gasteiger partial charge on any atom is 0.332 e. The minimum absolute atomic E-state index is 0.00504. The second-order valence-electron chi connectivity index (χ2n) is 6.88. The molecule has 0 bridgehead atoms. The van der Waals surface area contributed by atoms with Crippen LogP contribution in [0.15, 0.2) is 63.5 Å². The molecular formula is C22H17Cl2N3O4S. The van der Waals surface area contributed by atoms with Gasteiger partial charge in [0.2, 0.25) is 5.91 Å². The summed E-state index contributed by atoms with van der Waals surface area (Å²) in [4.78, 5) is 39.0. The highest BCUT2D eigenvalue weighted by molar-refractivity contribution is 7.17. The molecule has 4 aromatic rings. The molecule has 0 spiro atoms. The van der Waals surface area contributed by atoms with Gasteiger partial charge in [-0.3, -0.25) is 18.7 Å². The van der Waals surface area contributed by atoms with Crippen molar-refractivity contribution in [2.45, 2.75) is 13.1 Å². The Morgan fingerprint density at radius 2 is 1.88 bits per heavy atom. The normalized spacial score (nSPS) is 11.0. The van der Waals surface area contributed by atoms with Crippen LogP contribution in [0.4, 0.5) is 5.69 Å². The van der Waals surface area contributed by atoms with Crippen LogP contribution in [0.3, 0.4) is 0 Å². The fraction of sp³-hybridized carbons (Fsp3) is 0.136. The largest absolute Gasteiger partial charge is 0.495 e. The standard InChI is InChI=1S/C22H17Cl2N3O4S/c1-31-18-7-6-14(23)10-16(18)25-19(28)12-26-17-8-9-32-20(17)21(29)27(22(26)30)11-13-4-2-3-5-15(13)24/h2-10H,11-12H2,1H3,(H,25,28). The maximum atomic E-state index is 13.2. The van der Waals surface area contributed by atoms with Gasteiger partial charge in [0.15, 0.2) is 0 Å². The Bertz CT molecular complexity index is 1440. The number of halogens is 2. The van der Waals surface area contributed by atoms with Crippen molar-refractivity contribution in [3.8, 4) is 5.75 Å². The molecule has 0 fully saturated rings. The van der Waals surface area contributed by atoms with Crippen LogP contribution in [0, 0.1) is 0 Å². The van der Waals surface area contributed by atoms with Crippen LogP contribution in [-0.2, 0) is 17.9 Å². The summed E-state index contributed by atoms with van der Waals surface area (Å²) < 4.78 is 7.99. The fourth-order valence-corrected chi connectivity index (χ4v) is 4.54. The van der Waals surface area contributed by atoms with Crippen LogP contribution >= 0.6 is 34.5 Å². The summed E-state index contributed by atoms with van der Waals surface area (Å²) in [6.45, 7) is -0.306. The fourth-order valence-electron chi connectivity index (χ4n) is 3.33. The lowest BCUT2D eigenvalue weighted by atomic mass is 10.2. The van der Waals surface area contributed by atoms with E-state index in [2.05, 4.69) is 5.32 Å². The molecule has 0 aliphatic rings. The van der Waals surface area contributed by atoms with Gasteiger partial charge in [-0.05, 0) is 41.3 Å². The first-order chi connectivity index (χ1) is 15.4. The van der Waals surface area contributed by atoms with Crippen LogP contribution in [0.5, 0.6) is 5.75 Å². The highest BCUT2D eigenvalue weighted by Gasteiger charge is 2.18. The predicted octanol–water partition coefficient (Wildman–Crippen LogP) is 4.23. The number of methoxy groups -OCH3 is 1. The van der Waals surface area contributed by atoms with E-state index in [1.165, 1.54) is 23.0 Å². The second kappa shape index (κ2) is 9.20. The van der Waals surface area contributed by atoms with Gasteiger partial charge in [0.1, 0.15) is 17.0 Å². The van der Waals surface area contributed by atoms with Gasteiger partial charge < -0.3 is 10.1 Å². The summed E-state index contributed by atoms with van der Waals surface area (Å²) >= 11 is 13.5. The van der Waals surface area contributed by atoms with E-state index in [9.17, 15) is 14.4 Å². The minimum atomic E-state index is -0.603. The monoisotopic (exact) mass is 489 g/mol. The molecule has 1 amide bonds. The molecule has 2 heterocycles. The molecule has 1 N–H and O–H groups in total. The van der Waals surface area contributed by atoms with Crippen molar-refractivity contribution in [3.63, 3.8) is 0 Å². The first-order valence-electron chi connectivity index (χ1n) is 9.46. The average molecular weight is 490 g/mol. The van der Waals surface area contributed by atoms with Crippen LogP contribution in [-0.4, -0.2) is 22.2 Å². The van der Waals surface area contributed by atoms with Crippen molar-refractivity contribution in [2.75, 3.05) is 12.4 Å². The lowest BCUT2D eigenvalue weighted by Crippen LogP contribution is -2.41. The van der Waals surface area contributed by atoms with Gasteiger partial charge in [0.05, 0.1) is 24.9 Å². The topological polar surface area (TPSA) is 82.3 Å². The number of carbonyl (C=O) groups is 1. The second-order valence-corrected chi connectivity index (χ2v) is 8.64. The zero-order valence-corrected chi connectivity index (χ0v) is 19.1. The zero-order valence-electron chi connectivity index (χ0n) is 16.8. The lowest BCUT2D eigenvalue weighted by molar-refractivity contribution is -0.116. The molecule has 0 radical (unpaired) electrons. The number of benzene rings is 2. The Balaban J connectivity index is 1.73. The Morgan fingerprint density at radius 3 is 2.62 bits per heavy atom. The molecule has 0 saturated carbocycles. The van der Waals surface area contributed by atoms with Crippen molar-refractivity contribution in [1.82, 2.24) is 9.13 Å². The smallest absolute Gasteiger partial charge is 0.332 e. The van der Waals surface area contributed by atoms with Gasteiger partial charge in [-0.1, -0.05) is 41.4 Å². The van der Waals surface area contributed by atoms with Crippen LogP contribution in [0.25, 0.3) is 10.2 Å². The number of amides is 1. The van der Waals surface area contributed by atoms with E-state index in [0.717, 1.165) is 4.57 Å². The highest BCUT2D eigenvalue weighted by Crippen LogP contribution is 2.27. The summed E-state index contributed by atoms with van der Waals surface area (Å²) in [7, 11) is 1.48. The van der Waals surface area contributed by atoms with Crippen molar-refractivity contribution >= 4 is 56.3 Å². The highest BCUT2D eigenvalue weighted by atomic mass is 35.5. The summed E-state index contributed by atoms with van der Waals surface area (Å²) in [5.41, 5.74) is 0.378. The number of nitrogens with zero attached hydrogens (tertiary/aromatic N) is 2. The molecule has 0 atom stereocenters. The molecule has 7 nitrogen and oxygen atoms in total. The molecular weight excluding hydrogens is 473 g/mol. The van der Waals surface area contributed by atoms with E-state index in [0.29, 0.717) is 37.3 Å². The minimum Gasteiger partial charge on any atom is -0.495 e. The van der Waals surface area contributed by atoms with Gasteiger partial charge in [-0.25, -0.2) is 4.79 Å². The third-order valence-corrected chi connectivity index (χ3v) is 6.36. The van der Waals surface area contributed by atoms with Crippen molar-refractivity contribution in [1.29, 1.82) is 0 Å². The molecule has 0 saturated heterocycles. The lowest BCUT2D eigenvalue weighted by Gasteiger charge is -2.14. The van der Waals surface area contributed by atoms with Gasteiger partial charge in [0.25, 0.3) is 5.56 Å². The summed E-state index contributed by atoms with van der Waals surface area (Å²) in [6, 6.07) is 13.5. The van der Waals surface area contributed by atoms with Crippen LogP contribution < -0.4 is 21.3 Å². The first-order valence-corrected chi connectivity index (χ1v) is 11.1. The number of aromatic nitrogens is 2. The number of rotatable bonds is 6. The third kappa shape index (κ3) is 4.29. The number of hydrogen-bond donors (Lipinski definition) is 1. The van der Waals surface area contributed by atoms with Crippen molar-refractivity contribution in [2.24, 2.45) is 0 Å². The SMILES string of the molecule is COc1ccc(Cl)cc1NC(=O)Cn1c(=O)n(Cc2ccccc2Cl)c(=O)c2sccc21. The summed E-state index contributed by atoms with van der Waals surface area (Å²) in [6.07, 6.45) is 0. The first kappa shape index (κ1) is 22.1. The van der Waals surface area contributed by atoms with E-state index in [1.807, 2.05) is 0 Å². The van der Waals surface area contributed by atoms with E-state index in [1.54, 1.807) is 53.9 Å². The van der Waals surface area contributed by atoms with E-state index >= 15 is 0 Å². The molecule has 0 unspecified atom stereocenters. The molecule has 0 aliphatic heterocycles.